The molecule has 0 amide bonds. The average molecular weight is 220 g/mol. The minimum absolute atomic E-state index is 0.567. The van der Waals surface area contributed by atoms with Crippen LogP contribution in [0.2, 0.25) is 0 Å². The summed E-state index contributed by atoms with van der Waals surface area (Å²) in [6.45, 7) is 0. The summed E-state index contributed by atoms with van der Waals surface area (Å²) in [5.41, 5.74) is 0.257. The van der Waals surface area contributed by atoms with Crippen molar-refractivity contribution >= 4 is 27.3 Å². The minimum Gasteiger partial charge on any atom is -0.384 e. The number of hydrogen-bond acceptors (Lipinski definition) is 3. The van der Waals surface area contributed by atoms with Gasteiger partial charge < -0.3 is 5.11 Å². The molecule has 1 aliphatic rings. The second-order valence-corrected chi connectivity index (χ2v) is 4.65. The molecular formula is C6H6BrNOS. The van der Waals surface area contributed by atoms with Crippen LogP contribution in [0, 0.1) is 0 Å². The van der Waals surface area contributed by atoms with Gasteiger partial charge in [-0.3, -0.25) is 0 Å². The van der Waals surface area contributed by atoms with E-state index in [4.69, 9.17) is 0 Å². The van der Waals surface area contributed by atoms with Gasteiger partial charge in [0.25, 0.3) is 0 Å². The standard InChI is InChI=1S/C6H6BrNOS/c7-5-8-4(3-10-5)6(9)1-2-6/h3,9H,1-2H2. The van der Waals surface area contributed by atoms with E-state index in [1.54, 1.807) is 0 Å². The molecule has 0 radical (unpaired) electrons. The lowest BCUT2D eigenvalue weighted by atomic mass is 10.3. The molecule has 1 N–H and O–H groups in total. The molecule has 0 bridgehead atoms. The Kier molecular flexibility index (Phi) is 1.37. The topological polar surface area (TPSA) is 33.1 Å². The number of hydrogen-bond donors (Lipinski definition) is 1. The fourth-order valence-corrected chi connectivity index (χ4v) is 1.94. The Balaban J connectivity index is 2.34. The summed E-state index contributed by atoms with van der Waals surface area (Å²) >= 11 is 4.77. The Morgan fingerprint density at radius 2 is 2.40 bits per heavy atom. The number of thiazole rings is 1. The van der Waals surface area contributed by atoms with Crippen LogP contribution in [-0.2, 0) is 5.60 Å². The van der Waals surface area contributed by atoms with Gasteiger partial charge in [0.2, 0.25) is 0 Å². The van der Waals surface area contributed by atoms with Gasteiger partial charge in [0.05, 0.1) is 5.69 Å². The van der Waals surface area contributed by atoms with E-state index in [-0.39, 0.29) is 0 Å². The highest BCUT2D eigenvalue weighted by atomic mass is 79.9. The first kappa shape index (κ1) is 6.76. The zero-order chi connectivity index (χ0) is 7.19. The molecule has 0 atom stereocenters. The van der Waals surface area contributed by atoms with E-state index >= 15 is 0 Å². The summed E-state index contributed by atoms with van der Waals surface area (Å²) in [6.07, 6.45) is 1.73. The number of aliphatic hydroxyl groups is 1. The molecule has 0 unspecified atom stereocenters. The van der Waals surface area contributed by atoms with E-state index in [1.807, 2.05) is 5.38 Å². The Bertz CT molecular complexity index is 256. The van der Waals surface area contributed by atoms with Crippen molar-refractivity contribution in [3.8, 4) is 0 Å². The minimum atomic E-state index is -0.567. The second kappa shape index (κ2) is 2.03. The molecule has 1 aromatic rings. The molecule has 1 aliphatic carbocycles. The van der Waals surface area contributed by atoms with E-state index in [1.165, 1.54) is 11.3 Å². The lowest BCUT2D eigenvalue weighted by Crippen LogP contribution is -2.03. The monoisotopic (exact) mass is 219 g/mol. The van der Waals surface area contributed by atoms with Crippen molar-refractivity contribution in [2.45, 2.75) is 18.4 Å². The molecule has 1 aromatic heterocycles. The zero-order valence-corrected chi connectivity index (χ0v) is 7.57. The molecule has 2 rings (SSSR count). The van der Waals surface area contributed by atoms with E-state index in [0.717, 1.165) is 22.5 Å². The SMILES string of the molecule is OC1(c2csc(Br)n2)CC1. The predicted octanol–water partition coefficient (Wildman–Crippen LogP) is 1.89. The van der Waals surface area contributed by atoms with Crippen LogP contribution >= 0.6 is 27.3 Å². The number of aromatic nitrogens is 1. The van der Waals surface area contributed by atoms with Gasteiger partial charge in [-0.15, -0.1) is 11.3 Å². The van der Waals surface area contributed by atoms with Crippen LogP contribution in [0.3, 0.4) is 0 Å². The lowest BCUT2D eigenvalue weighted by molar-refractivity contribution is 0.147. The predicted molar refractivity (Wildman–Crippen MR) is 42.9 cm³/mol. The molecule has 1 saturated carbocycles. The number of rotatable bonds is 1. The zero-order valence-electron chi connectivity index (χ0n) is 5.17. The third-order valence-corrected chi connectivity index (χ3v) is 3.04. The molecule has 0 spiro atoms. The maximum absolute atomic E-state index is 9.54. The van der Waals surface area contributed by atoms with E-state index in [9.17, 15) is 5.11 Å². The van der Waals surface area contributed by atoms with Gasteiger partial charge in [-0.1, -0.05) is 0 Å². The molecule has 1 heterocycles. The third kappa shape index (κ3) is 1.00. The van der Waals surface area contributed by atoms with Gasteiger partial charge in [0.15, 0.2) is 3.92 Å². The molecule has 54 valence electrons. The van der Waals surface area contributed by atoms with Crippen LogP contribution < -0.4 is 0 Å². The number of halogens is 1. The molecule has 0 saturated heterocycles. The summed E-state index contributed by atoms with van der Waals surface area (Å²) in [5.74, 6) is 0. The van der Waals surface area contributed by atoms with E-state index in [0.29, 0.717) is 0 Å². The van der Waals surface area contributed by atoms with Crippen LogP contribution in [0.15, 0.2) is 9.30 Å². The highest BCUT2D eigenvalue weighted by molar-refractivity contribution is 9.11. The van der Waals surface area contributed by atoms with Crippen LogP contribution in [0.5, 0.6) is 0 Å². The van der Waals surface area contributed by atoms with Crippen LogP contribution in [-0.4, -0.2) is 10.1 Å². The van der Waals surface area contributed by atoms with Gasteiger partial charge in [-0.25, -0.2) is 4.98 Å². The first-order valence-corrected chi connectivity index (χ1v) is 4.72. The Morgan fingerprint density at radius 1 is 1.70 bits per heavy atom. The van der Waals surface area contributed by atoms with Gasteiger partial charge in [-0.05, 0) is 28.8 Å². The maximum atomic E-state index is 9.54. The molecule has 2 nitrogen and oxygen atoms in total. The van der Waals surface area contributed by atoms with Gasteiger partial charge >= 0.3 is 0 Å². The van der Waals surface area contributed by atoms with Crippen LogP contribution in [0.1, 0.15) is 18.5 Å². The van der Waals surface area contributed by atoms with Crippen LogP contribution in [0.25, 0.3) is 0 Å². The summed E-state index contributed by atoms with van der Waals surface area (Å²) in [4.78, 5) is 4.13. The highest BCUT2D eigenvalue weighted by Crippen LogP contribution is 2.45. The second-order valence-electron chi connectivity index (χ2n) is 2.52. The van der Waals surface area contributed by atoms with Crippen LogP contribution in [0.4, 0.5) is 0 Å². The van der Waals surface area contributed by atoms with E-state index in [2.05, 4.69) is 20.9 Å². The molecule has 1 fully saturated rings. The molecule has 10 heavy (non-hydrogen) atoms. The maximum Gasteiger partial charge on any atom is 0.159 e. The average Bonchev–Trinajstić information content (AvgIpc) is 2.45. The van der Waals surface area contributed by atoms with Crippen molar-refractivity contribution < 1.29 is 5.11 Å². The van der Waals surface area contributed by atoms with Crippen molar-refractivity contribution in [3.63, 3.8) is 0 Å². The molecule has 0 aliphatic heterocycles. The van der Waals surface area contributed by atoms with Crippen molar-refractivity contribution in [3.05, 3.63) is 15.0 Å². The largest absolute Gasteiger partial charge is 0.384 e. The molecule has 0 aromatic carbocycles. The first-order valence-electron chi connectivity index (χ1n) is 3.05. The first-order chi connectivity index (χ1) is 4.71. The molecular weight excluding hydrogens is 214 g/mol. The van der Waals surface area contributed by atoms with Crippen molar-refractivity contribution in [2.24, 2.45) is 0 Å². The Labute approximate surface area is 71.0 Å². The van der Waals surface area contributed by atoms with Crippen molar-refractivity contribution in [1.29, 1.82) is 0 Å². The summed E-state index contributed by atoms with van der Waals surface area (Å²) in [6, 6.07) is 0. The third-order valence-electron chi connectivity index (χ3n) is 1.68. The highest BCUT2D eigenvalue weighted by Gasteiger charge is 2.44. The Morgan fingerprint density at radius 3 is 2.80 bits per heavy atom. The summed E-state index contributed by atoms with van der Waals surface area (Å²) in [7, 11) is 0. The van der Waals surface area contributed by atoms with Gasteiger partial charge in [0, 0.05) is 5.38 Å². The van der Waals surface area contributed by atoms with Crippen molar-refractivity contribution in [1.82, 2.24) is 4.98 Å². The molecule has 4 heteroatoms. The quantitative estimate of drug-likeness (QED) is 0.783. The van der Waals surface area contributed by atoms with Gasteiger partial charge in [0.1, 0.15) is 5.60 Å². The summed E-state index contributed by atoms with van der Waals surface area (Å²) < 4.78 is 0.850. The number of nitrogens with zero attached hydrogens (tertiary/aromatic N) is 1. The smallest absolute Gasteiger partial charge is 0.159 e. The van der Waals surface area contributed by atoms with Gasteiger partial charge in [-0.2, -0.15) is 0 Å². The van der Waals surface area contributed by atoms with E-state index < -0.39 is 5.60 Å². The van der Waals surface area contributed by atoms with Crippen molar-refractivity contribution in [2.75, 3.05) is 0 Å². The fraction of sp³-hybridized carbons (Fsp3) is 0.500. The lowest BCUT2D eigenvalue weighted by Gasteiger charge is -1.99. The normalized spacial score (nSPS) is 21.0. The fourth-order valence-electron chi connectivity index (χ4n) is 0.840. The summed E-state index contributed by atoms with van der Waals surface area (Å²) in [5, 5.41) is 11.4. The Hall–Kier alpha value is 0.0700.